The summed E-state index contributed by atoms with van der Waals surface area (Å²) in [7, 11) is 1.71. The minimum Gasteiger partial charge on any atom is -0.497 e. The molecule has 3 heteroatoms. The lowest BCUT2D eigenvalue weighted by Crippen LogP contribution is -2.31. The molecule has 3 nitrogen and oxygen atoms in total. The van der Waals surface area contributed by atoms with Crippen molar-refractivity contribution >= 4 is 0 Å². The fourth-order valence-corrected chi connectivity index (χ4v) is 2.48. The van der Waals surface area contributed by atoms with Crippen LogP contribution in [-0.4, -0.2) is 18.6 Å². The fraction of sp³-hybridized carbons (Fsp3) is 0.267. The molecule has 0 fully saturated rings. The van der Waals surface area contributed by atoms with Crippen LogP contribution in [0.15, 0.2) is 42.6 Å². The van der Waals surface area contributed by atoms with Crippen LogP contribution in [0.4, 0.5) is 0 Å². The molecule has 1 aliphatic heterocycles. The zero-order valence-electron chi connectivity index (χ0n) is 10.4. The number of aromatic nitrogens is 1. The van der Waals surface area contributed by atoms with Crippen LogP contribution >= 0.6 is 0 Å². The number of benzene rings is 1. The van der Waals surface area contributed by atoms with Crippen LogP contribution in [0, 0.1) is 0 Å². The first-order valence-electron chi connectivity index (χ1n) is 6.19. The van der Waals surface area contributed by atoms with Gasteiger partial charge in [-0.1, -0.05) is 12.1 Å². The van der Waals surface area contributed by atoms with Crippen LogP contribution in [0.1, 0.15) is 22.9 Å². The van der Waals surface area contributed by atoms with Crippen molar-refractivity contribution in [3.05, 3.63) is 59.4 Å². The first kappa shape index (κ1) is 11.2. The summed E-state index contributed by atoms with van der Waals surface area (Å²) in [6.07, 6.45) is 2.88. The van der Waals surface area contributed by atoms with Gasteiger partial charge in [0.1, 0.15) is 5.75 Å². The van der Waals surface area contributed by atoms with Crippen molar-refractivity contribution < 1.29 is 4.74 Å². The maximum Gasteiger partial charge on any atom is 0.119 e. The molecule has 0 radical (unpaired) electrons. The Balaban J connectivity index is 2.02. The lowest BCUT2D eigenvalue weighted by Gasteiger charge is -2.26. The lowest BCUT2D eigenvalue weighted by molar-refractivity contribution is 0.413. The fourth-order valence-electron chi connectivity index (χ4n) is 2.48. The summed E-state index contributed by atoms with van der Waals surface area (Å²) in [4.78, 5) is 4.45. The molecule has 0 aliphatic carbocycles. The number of fused-ring (bicyclic) bond motifs is 1. The van der Waals surface area contributed by atoms with Crippen molar-refractivity contribution in [2.75, 3.05) is 13.7 Å². The van der Waals surface area contributed by atoms with Gasteiger partial charge in [-0.25, -0.2) is 0 Å². The first-order valence-corrected chi connectivity index (χ1v) is 6.19. The van der Waals surface area contributed by atoms with Gasteiger partial charge in [0.15, 0.2) is 0 Å². The molecule has 92 valence electrons. The Hall–Kier alpha value is -1.87. The molecule has 0 bridgehead atoms. The van der Waals surface area contributed by atoms with Gasteiger partial charge in [-0.15, -0.1) is 0 Å². The van der Waals surface area contributed by atoms with Crippen molar-refractivity contribution in [1.29, 1.82) is 0 Å². The number of pyridine rings is 1. The molecule has 1 aliphatic rings. The Bertz CT molecular complexity index is 539. The molecule has 2 aromatic rings. The Morgan fingerprint density at radius 2 is 2.22 bits per heavy atom. The van der Waals surface area contributed by atoms with E-state index >= 15 is 0 Å². The molecule has 1 aromatic heterocycles. The third-order valence-corrected chi connectivity index (χ3v) is 3.39. The second kappa shape index (κ2) is 4.78. The van der Waals surface area contributed by atoms with E-state index in [1.807, 2.05) is 24.4 Å². The number of nitrogens with zero attached hydrogens (tertiary/aromatic N) is 1. The van der Waals surface area contributed by atoms with E-state index in [1.54, 1.807) is 7.11 Å². The molecular formula is C15H16N2O. The van der Waals surface area contributed by atoms with Gasteiger partial charge in [0.2, 0.25) is 0 Å². The molecule has 0 amide bonds. The highest BCUT2D eigenvalue weighted by Gasteiger charge is 2.22. The molecular weight excluding hydrogens is 224 g/mol. The first-order chi connectivity index (χ1) is 8.88. The van der Waals surface area contributed by atoms with E-state index in [2.05, 4.69) is 28.5 Å². The Kier molecular flexibility index (Phi) is 2.99. The van der Waals surface area contributed by atoms with Crippen LogP contribution in [0.5, 0.6) is 5.75 Å². The summed E-state index contributed by atoms with van der Waals surface area (Å²) < 4.78 is 5.29. The van der Waals surface area contributed by atoms with Crippen LogP contribution in [0.2, 0.25) is 0 Å². The van der Waals surface area contributed by atoms with Gasteiger partial charge in [-0.2, -0.15) is 0 Å². The second-order valence-corrected chi connectivity index (χ2v) is 4.46. The monoisotopic (exact) mass is 240 g/mol. The quantitative estimate of drug-likeness (QED) is 0.874. The highest BCUT2D eigenvalue weighted by Crippen LogP contribution is 2.29. The average Bonchev–Trinajstić information content (AvgIpc) is 2.47. The highest BCUT2D eigenvalue weighted by atomic mass is 16.5. The maximum atomic E-state index is 5.29. The largest absolute Gasteiger partial charge is 0.497 e. The molecule has 0 unspecified atom stereocenters. The number of methoxy groups -OCH3 is 1. The predicted octanol–water partition coefficient (Wildman–Crippen LogP) is 2.33. The standard InChI is InChI=1S/C15H16N2O/c1-18-12-5-6-13-11(10-12)7-9-17-15(13)14-4-2-3-8-16-14/h2-6,8,10,15,17H,7,9H2,1H3/t15-/m0/s1. The van der Waals surface area contributed by atoms with E-state index in [0.29, 0.717) is 0 Å². The predicted molar refractivity (Wildman–Crippen MR) is 70.8 cm³/mol. The molecule has 0 saturated carbocycles. The summed E-state index contributed by atoms with van der Waals surface area (Å²) in [5.41, 5.74) is 3.73. The van der Waals surface area contributed by atoms with Gasteiger partial charge in [0.25, 0.3) is 0 Å². The topological polar surface area (TPSA) is 34.1 Å². The van der Waals surface area contributed by atoms with Gasteiger partial charge in [0.05, 0.1) is 18.8 Å². The number of nitrogens with one attached hydrogen (secondary N) is 1. The van der Waals surface area contributed by atoms with E-state index in [4.69, 9.17) is 4.74 Å². The third-order valence-electron chi connectivity index (χ3n) is 3.39. The zero-order chi connectivity index (χ0) is 12.4. The second-order valence-electron chi connectivity index (χ2n) is 4.46. The molecule has 0 spiro atoms. The smallest absolute Gasteiger partial charge is 0.119 e. The Morgan fingerprint density at radius 1 is 1.28 bits per heavy atom. The number of hydrogen-bond acceptors (Lipinski definition) is 3. The van der Waals surface area contributed by atoms with Gasteiger partial charge in [-0.05, 0) is 41.8 Å². The zero-order valence-corrected chi connectivity index (χ0v) is 10.4. The molecule has 1 atom stereocenters. The van der Waals surface area contributed by atoms with E-state index in [-0.39, 0.29) is 6.04 Å². The minimum absolute atomic E-state index is 0.195. The SMILES string of the molecule is COc1ccc2c(c1)CCN[C@@H]2c1ccccn1. The Labute approximate surface area is 107 Å². The maximum absolute atomic E-state index is 5.29. The number of ether oxygens (including phenoxy) is 1. The van der Waals surface area contributed by atoms with E-state index < -0.39 is 0 Å². The van der Waals surface area contributed by atoms with Crippen molar-refractivity contribution in [3.63, 3.8) is 0 Å². The van der Waals surface area contributed by atoms with Crippen molar-refractivity contribution in [2.45, 2.75) is 12.5 Å². The van der Waals surface area contributed by atoms with Crippen LogP contribution in [0.25, 0.3) is 0 Å². The Morgan fingerprint density at radius 3 is 3.00 bits per heavy atom. The molecule has 2 heterocycles. The third kappa shape index (κ3) is 1.97. The van der Waals surface area contributed by atoms with Crippen LogP contribution in [-0.2, 0) is 6.42 Å². The van der Waals surface area contributed by atoms with Gasteiger partial charge >= 0.3 is 0 Å². The minimum atomic E-state index is 0.195. The molecule has 0 saturated heterocycles. The molecule has 1 N–H and O–H groups in total. The van der Waals surface area contributed by atoms with Crippen LogP contribution in [0.3, 0.4) is 0 Å². The van der Waals surface area contributed by atoms with Crippen molar-refractivity contribution in [1.82, 2.24) is 10.3 Å². The van der Waals surface area contributed by atoms with Gasteiger partial charge in [-0.3, -0.25) is 4.98 Å². The normalized spacial score (nSPS) is 18.2. The van der Waals surface area contributed by atoms with Gasteiger partial charge < -0.3 is 10.1 Å². The molecule has 18 heavy (non-hydrogen) atoms. The van der Waals surface area contributed by atoms with Gasteiger partial charge in [0, 0.05) is 12.7 Å². The summed E-state index contributed by atoms with van der Waals surface area (Å²) in [6, 6.07) is 12.5. The number of rotatable bonds is 2. The summed E-state index contributed by atoms with van der Waals surface area (Å²) in [6.45, 7) is 0.974. The highest BCUT2D eigenvalue weighted by molar-refractivity contribution is 5.42. The molecule has 1 aromatic carbocycles. The van der Waals surface area contributed by atoms with Crippen LogP contribution < -0.4 is 10.1 Å². The lowest BCUT2D eigenvalue weighted by atomic mass is 9.92. The summed E-state index contributed by atoms with van der Waals surface area (Å²) >= 11 is 0. The average molecular weight is 240 g/mol. The van der Waals surface area contributed by atoms with E-state index in [9.17, 15) is 0 Å². The van der Waals surface area contributed by atoms with Crippen molar-refractivity contribution in [3.8, 4) is 5.75 Å². The number of hydrogen-bond donors (Lipinski definition) is 1. The van der Waals surface area contributed by atoms with E-state index in [1.165, 1.54) is 11.1 Å². The molecule has 3 rings (SSSR count). The summed E-state index contributed by atoms with van der Waals surface area (Å²) in [5, 5.41) is 3.53. The van der Waals surface area contributed by atoms with E-state index in [0.717, 1.165) is 24.4 Å². The summed E-state index contributed by atoms with van der Waals surface area (Å²) in [5.74, 6) is 0.926. The van der Waals surface area contributed by atoms with Crippen molar-refractivity contribution in [2.24, 2.45) is 0 Å².